The number of nitrogens with one attached hydrogen (secondary N) is 1. The Morgan fingerprint density at radius 1 is 1.25 bits per heavy atom. The number of rotatable bonds is 10. The molecule has 0 bridgehead atoms. The number of amides is 1. The van der Waals surface area contributed by atoms with Gasteiger partial charge in [0.15, 0.2) is 12.4 Å². The lowest BCUT2D eigenvalue weighted by Gasteiger charge is -2.04. The van der Waals surface area contributed by atoms with E-state index in [1.807, 2.05) is 0 Å². The molecule has 1 heterocycles. The molecular weight excluding hydrogens is 313 g/mol. The van der Waals surface area contributed by atoms with Gasteiger partial charge in [-0.3, -0.25) is 9.32 Å². The molecule has 0 aliphatic heterocycles. The van der Waals surface area contributed by atoms with Gasteiger partial charge in [-0.05, 0) is 24.1 Å². The summed E-state index contributed by atoms with van der Waals surface area (Å²) in [5.41, 5.74) is 0.855. The topological polar surface area (TPSA) is 77.2 Å². The summed E-state index contributed by atoms with van der Waals surface area (Å²) in [6.45, 7) is 2.62. The fourth-order valence-electron chi connectivity index (χ4n) is 2.11. The molecule has 2 rings (SSSR count). The molecule has 0 aliphatic carbocycles. The highest BCUT2D eigenvalue weighted by molar-refractivity contribution is 5.77. The molecule has 130 valence electrons. The van der Waals surface area contributed by atoms with Crippen LogP contribution in [0.1, 0.15) is 44.0 Å². The lowest BCUT2D eigenvalue weighted by molar-refractivity contribution is -0.123. The lowest BCUT2D eigenvalue weighted by atomic mass is 10.1. The summed E-state index contributed by atoms with van der Waals surface area (Å²) < 4.78 is 22.9. The quantitative estimate of drug-likeness (QED) is 0.676. The molecule has 0 aliphatic rings. The van der Waals surface area contributed by atoms with E-state index >= 15 is 0 Å². The van der Waals surface area contributed by atoms with Gasteiger partial charge in [0, 0.05) is 13.0 Å². The molecule has 0 saturated carbocycles. The standard InChI is InChI=1S/C17H22FN3O3/c1-2-3-4-5-10-19-16(22)12-23-17-20-15(21-24-17)11-13-6-8-14(18)9-7-13/h6-9H,2-5,10-12H2,1H3,(H,19,22). The molecule has 0 unspecified atom stereocenters. The summed E-state index contributed by atoms with van der Waals surface area (Å²) >= 11 is 0. The summed E-state index contributed by atoms with van der Waals surface area (Å²) in [6.07, 6.45) is 4.75. The first-order valence-electron chi connectivity index (χ1n) is 8.14. The van der Waals surface area contributed by atoms with Gasteiger partial charge in [-0.2, -0.15) is 4.98 Å². The smallest absolute Gasteiger partial charge is 0.417 e. The van der Waals surface area contributed by atoms with Crippen LogP contribution in [0, 0.1) is 5.82 Å². The maximum absolute atomic E-state index is 12.8. The molecule has 0 saturated heterocycles. The molecular formula is C17H22FN3O3. The summed E-state index contributed by atoms with van der Waals surface area (Å²) in [4.78, 5) is 15.7. The van der Waals surface area contributed by atoms with Crippen molar-refractivity contribution < 1.29 is 18.4 Å². The summed E-state index contributed by atoms with van der Waals surface area (Å²) in [6, 6.07) is 6.05. The SMILES string of the molecule is CCCCCCNC(=O)COc1nc(Cc2ccc(F)cc2)no1. The Balaban J connectivity index is 1.69. The Morgan fingerprint density at radius 3 is 2.79 bits per heavy atom. The highest BCUT2D eigenvalue weighted by atomic mass is 19.1. The Hall–Kier alpha value is -2.44. The van der Waals surface area contributed by atoms with E-state index in [4.69, 9.17) is 9.26 Å². The lowest BCUT2D eigenvalue weighted by Crippen LogP contribution is -2.29. The molecule has 1 aromatic carbocycles. The Bertz CT molecular complexity index is 628. The molecule has 0 fully saturated rings. The van der Waals surface area contributed by atoms with E-state index < -0.39 is 0 Å². The van der Waals surface area contributed by atoms with E-state index in [9.17, 15) is 9.18 Å². The summed E-state index contributed by atoms with van der Waals surface area (Å²) in [5.74, 6) is -0.0991. The van der Waals surface area contributed by atoms with E-state index in [1.165, 1.54) is 18.6 Å². The third kappa shape index (κ3) is 6.36. The highest BCUT2D eigenvalue weighted by Gasteiger charge is 2.10. The molecule has 1 aromatic heterocycles. The van der Waals surface area contributed by atoms with Gasteiger partial charge in [-0.25, -0.2) is 4.39 Å². The van der Waals surface area contributed by atoms with Gasteiger partial charge in [0.25, 0.3) is 5.91 Å². The molecule has 1 N–H and O–H groups in total. The second-order valence-electron chi connectivity index (χ2n) is 5.48. The van der Waals surface area contributed by atoms with E-state index in [1.54, 1.807) is 12.1 Å². The number of nitrogens with zero attached hydrogens (tertiary/aromatic N) is 2. The van der Waals surface area contributed by atoms with Crippen LogP contribution in [0.4, 0.5) is 4.39 Å². The van der Waals surface area contributed by atoms with Crippen LogP contribution in [0.2, 0.25) is 0 Å². The van der Waals surface area contributed by atoms with Crippen molar-refractivity contribution in [3.05, 3.63) is 41.5 Å². The number of aromatic nitrogens is 2. The zero-order valence-corrected chi connectivity index (χ0v) is 13.8. The van der Waals surface area contributed by atoms with Crippen LogP contribution in [0.15, 0.2) is 28.8 Å². The van der Waals surface area contributed by atoms with Crippen molar-refractivity contribution in [2.45, 2.75) is 39.0 Å². The van der Waals surface area contributed by atoms with Crippen molar-refractivity contribution in [3.8, 4) is 6.08 Å². The van der Waals surface area contributed by atoms with Gasteiger partial charge in [-0.1, -0.05) is 43.5 Å². The monoisotopic (exact) mass is 335 g/mol. The summed E-state index contributed by atoms with van der Waals surface area (Å²) in [7, 11) is 0. The largest absolute Gasteiger partial charge is 0.439 e. The van der Waals surface area contributed by atoms with Gasteiger partial charge in [0.2, 0.25) is 0 Å². The Kier molecular flexibility index (Phi) is 7.20. The van der Waals surface area contributed by atoms with E-state index in [-0.39, 0.29) is 24.4 Å². The molecule has 1 amide bonds. The zero-order chi connectivity index (χ0) is 17.2. The number of carbonyl (C=O) groups is 1. The average Bonchev–Trinajstić information content (AvgIpc) is 3.02. The van der Waals surface area contributed by atoms with Gasteiger partial charge in [-0.15, -0.1) is 0 Å². The molecule has 2 aromatic rings. The summed E-state index contributed by atoms with van der Waals surface area (Å²) in [5, 5.41) is 6.55. The average molecular weight is 335 g/mol. The van der Waals surface area contributed by atoms with Crippen LogP contribution in [-0.2, 0) is 11.2 Å². The third-order valence-corrected chi connectivity index (χ3v) is 3.40. The molecule has 0 atom stereocenters. The predicted octanol–water partition coefficient (Wildman–Crippen LogP) is 2.87. The molecule has 24 heavy (non-hydrogen) atoms. The fourth-order valence-corrected chi connectivity index (χ4v) is 2.11. The minimum Gasteiger partial charge on any atom is -0.439 e. The van der Waals surface area contributed by atoms with Crippen LogP contribution in [-0.4, -0.2) is 29.2 Å². The van der Waals surface area contributed by atoms with E-state index in [2.05, 4.69) is 22.4 Å². The van der Waals surface area contributed by atoms with Crippen molar-refractivity contribution >= 4 is 5.91 Å². The maximum Gasteiger partial charge on any atom is 0.417 e. The van der Waals surface area contributed by atoms with Crippen LogP contribution in [0.5, 0.6) is 6.08 Å². The highest BCUT2D eigenvalue weighted by Crippen LogP contribution is 2.11. The normalized spacial score (nSPS) is 10.6. The number of ether oxygens (including phenoxy) is 1. The van der Waals surface area contributed by atoms with Crippen LogP contribution < -0.4 is 10.1 Å². The minimum absolute atomic E-state index is 0.0479. The third-order valence-electron chi connectivity index (χ3n) is 3.40. The van der Waals surface area contributed by atoms with Gasteiger partial charge in [0.05, 0.1) is 0 Å². The van der Waals surface area contributed by atoms with Crippen molar-refractivity contribution in [1.82, 2.24) is 15.5 Å². The molecule has 7 heteroatoms. The number of halogens is 1. The first-order chi connectivity index (χ1) is 11.7. The van der Waals surface area contributed by atoms with Gasteiger partial charge in [0.1, 0.15) is 5.82 Å². The number of unbranched alkanes of at least 4 members (excludes halogenated alkanes) is 3. The molecule has 6 nitrogen and oxygen atoms in total. The molecule has 0 spiro atoms. The zero-order valence-electron chi connectivity index (χ0n) is 13.8. The van der Waals surface area contributed by atoms with Crippen molar-refractivity contribution in [1.29, 1.82) is 0 Å². The fraction of sp³-hybridized carbons (Fsp3) is 0.471. The first kappa shape index (κ1) is 17.9. The van der Waals surface area contributed by atoms with Crippen molar-refractivity contribution in [3.63, 3.8) is 0 Å². The van der Waals surface area contributed by atoms with Crippen LogP contribution >= 0.6 is 0 Å². The number of carbonyl (C=O) groups excluding carboxylic acids is 1. The first-order valence-corrected chi connectivity index (χ1v) is 8.14. The number of hydrogen-bond acceptors (Lipinski definition) is 5. The van der Waals surface area contributed by atoms with Gasteiger partial charge >= 0.3 is 6.08 Å². The van der Waals surface area contributed by atoms with Crippen LogP contribution in [0.25, 0.3) is 0 Å². The van der Waals surface area contributed by atoms with Gasteiger partial charge < -0.3 is 10.1 Å². The number of hydrogen-bond donors (Lipinski definition) is 1. The Labute approximate surface area is 140 Å². The van der Waals surface area contributed by atoms with E-state index in [0.29, 0.717) is 18.8 Å². The second kappa shape index (κ2) is 9.64. The van der Waals surface area contributed by atoms with Crippen molar-refractivity contribution in [2.24, 2.45) is 0 Å². The maximum atomic E-state index is 12.8. The van der Waals surface area contributed by atoms with E-state index in [0.717, 1.165) is 24.8 Å². The Morgan fingerprint density at radius 2 is 2.04 bits per heavy atom. The number of benzene rings is 1. The minimum atomic E-state index is -0.295. The van der Waals surface area contributed by atoms with Crippen molar-refractivity contribution in [2.75, 3.05) is 13.2 Å². The predicted molar refractivity (Wildman–Crippen MR) is 86.2 cm³/mol. The second-order valence-corrected chi connectivity index (χ2v) is 5.48. The van der Waals surface area contributed by atoms with Crippen LogP contribution in [0.3, 0.4) is 0 Å². The molecule has 0 radical (unpaired) electrons.